The van der Waals surface area contributed by atoms with Gasteiger partial charge in [-0.3, -0.25) is 4.79 Å². The van der Waals surface area contributed by atoms with Crippen molar-refractivity contribution >= 4 is 22.7 Å². The zero-order valence-electron chi connectivity index (χ0n) is 14.6. The maximum absolute atomic E-state index is 12.5. The number of carbonyl (C=O) groups excluding carboxylic acids is 1. The highest BCUT2D eigenvalue weighted by Crippen LogP contribution is 2.30. The van der Waals surface area contributed by atoms with Crippen molar-refractivity contribution in [2.24, 2.45) is 0 Å². The molecule has 4 aromatic rings. The standard InChI is InChI=1S/C22H18N2O2/c1-14-10-12-16(13-11-14)21(25)23-18-8-5-6-17(15(18)2)22-24-19-7-3-4-9-20(19)26-22/h3-13H,1-2H3,(H,23,25). The number of aryl methyl sites for hydroxylation is 1. The Morgan fingerprint density at radius 3 is 2.46 bits per heavy atom. The first-order valence-electron chi connectivity index (χ1n) is 8.45. The van der Waals surface area contributed by atoms with Gasteiger partial charge in [-0.15, -0.1) is 0 Å². The number of nitrogens with one attached hydrogen (secondary N) is 1. The molecule has 3 aromatic carbocycles. The van der Waals surface area contributed by atoms with Crippen LogP contribution in [-0.4, -0.2) is 10.9 Å². The van der Waals surface area contributed by atoms with Gasteiger partial charge in [0.1, 0.15) is 5.52 Å². The van der Waals surface area contributed by atoms with Gasteiger partial charge in [0.25, 0.3) is 5.91 Å². The van der Waals surface area contributed by atoms with Crippen molar-refractivity contribution in [2.75, 3.05) is 5.32 Å². The van der Waals surface area contributed by atoms with E-state index in [1.54, 1.807) is 0 Å². The van der Waals surface area contributed by atoms with Crippen LogP contribution in [0.2, 0.25) is 0 Å². The van der Waals surface area contributed by atoms with E-state index in [9.17, 15) is 4.79 Å². The molecule has 0 aliphatic heterocycles. The number of hydrogen-bond acceptors (Lipinski definition) is 3. The molecule has 1 N–H and O–H groups in total. The second kappa shape index (κ2) is 6.48. The summed E-state index contributed by atoms with van der Waals surface area (Å²) in [6.45, 7) is 3.95. The molecule has 0 aliphatic carbocycles. The molecule has 1 amide bonds. The third kappa shape index (κ3) is 2.97. The lowest BCUT2D eigenvalue weighted by atomic mass is 10.1. The molecule has 0 fully saturated rings. The van der Waals surface area contributed by atoms with Crippen molar-refractivity contribution in [1.82, 2.24) is 4.98 Å². The van der Waals surface area contributed by atoms with Gasteiger partial charge in [-0.05, 0) is 55.8 Å². The van der Waals surface area contributed by atoms with Crippen LogP contribution in [0.1, 0.15) is 21.5 Å². The van der Waals surface area contributed by atoms with Gasteiger partial charge in [0.2, 0.25) is 5.89 Å². The van der Waals surface area contributed by atoms with Crippen LogP contribution in [0.3, 0.4) is 0 Å². The Morgan fingerprint density at radius 1 is 0.923 bits per heavy atom. The molecular formula is C22H18N2O2. The number of carbonyl (C=O) groups is 1. The second-order valence-electron chi connectivity index (χ2n) is 6.29. The zero-order chi connectivity index (χ0) is 18.1. The van der Waals surface area contributed by atoms with Crippen molar-refractivity contribution in [3.8, 4) is 11.5 Å². The number of nitrogens with zero attached hydrogens (tertiary/aromatic N) is 1. The largest absolute Gasteiger partial charge is 0.436 e. The predicted molar refractivity (Wildman–Crippen MR) is 103 cm³/mol. The van der Waals surface area contributed by atoms with Crippen LogP contribution in [-0.2, 0) is 0 Å². The number of para-hydroxylation sites is 2. The fourth-order valence-corrected chi connectivity index (χ4v) is 2.89. The predicted octanol–water partition coefficient (Wildman–Crippen LogP) is 5.36. The van der Waals surface area contributed by atoms with Crippen LogP contribution < -0.4 is 5.32 Å². The topological polar surface area (TPSA) is 55.1 Å². The number of aromatic nitrogens is 1. The zero-order valence-corrected chi connectivity index (χ0v) is 14.6. The Balaban J connectivity index is 1.67. The van der Waals surface area contributed by atoms with Crippen LogP contribution >= 0.6 is 0 Å². The lowest BCUT2D eigenvalue weighted by Crippen LogP contribution is -2.12. The van der Waals surface area contributed by atoms with Crippen molar-refractivity contribution in [3.63, 3.8) is 0 Å². The molecule has 0 spiro atoms. The normalized spacial score (nSPS) is 10.8. The quantitative estimate of drug-likeness (QED) is 0.545. The molecular weight excluding hydrogens is 324 g/mol. The highest BCUT2D eigenvalue weighted by Gasteiger charge is 2.14. The Bertz CT molecular complexity index is 1060. The first-order valence-corrected chi connectivity index (χ1v) is 8.45. The van der Waals surface area contributed by atoms with Crippen LogP contribution in [0.5, 0.6) is 0 Å². The minimum absolute atomic E-state index is 0.136. The summed E-state index contributed by atoms with van der Waals surface area (Å²) in [5.41, 5.74) is 5.84. The summed E-state index contributed by atoms with van der Waals surface area (Å²) in [4.78, 5) is 17.1. The molecule has 0 saturated heterocycles. The SMILES string of the molecule is Cc1ccc(C(=O)Nc2cccc(-c3nc4ccccc4o3)c2C)cc1. The number of hydrogen-bond donors (Lipinski definition) is 1. The maximum atomic E-state index is 12.5. The molecule has 4 nitrogen and oxygen atoms in total. The number of amides is 1. The van der Waals surface area contributed by atoms with E-state index in [0.29, 0.717) is 11.5 Å². The monoisotopic (exact) mass is 342 g/mol. The van der Waals surface area contributed by atoms with E-state index in [1.807, 2.05) is 80.6 Å². The molecule has 128 valence electrons. The molecule has 0 unspecified atom stereocenters. The van der Waals surface area contributed by atoms with E-state index < -0.39 is 0 Å². The number of rotatable bonds is 3. The van der Waals surface area contributed by atoms with Gasteiger partial charge >= 0.3 is 0 Å². The van der Waals surface area contributed by atoms with Gasteiger partial charge in [-0.1, -0.05) is 35.9 Å². The third-order valence-corrected chi connectivity index (χ3v) is 4.42. The Labute approximate surface area is 151 Å². The van der Waals surface area contributed by atoms with Crippen molar-refractivity contribution < 1.29 is 9.21 Å². The fourth-order valence-electron chi connectivity index (χ4n) is 2.89. The minimum atomic E-state index is -0.136. The van der Waals surface area contributed by atoms with Gasteiger partial charge < -0.3 is 9.73 Å². The number of oxazole rings is 1. The number of fused-ring (bicyclic) bond motifs is 1. The van der Waals surface area contributed by atoms with E-state index in [-0.39, 0.29) is 5.91 Å². The molecule has 0 aliphatic rings. The van der Waals surface area contributed by atoms with Crippen LogP contribution in [0.25, 0.3) is 22.6 Å². The van der Waals surface area contributed by atoms with Gasteiger partial charge in [0.05, 0.1) is 0 Å². The molecule has 4 rings (SSSR count). The van der Waals surface area contributed by atoms with Gasteiger partial charge in [0, 0.05) is 16.8 Å². The van der Waals surface area contributed by atoms with Gasteiger partial charge in [0.15, 0.2) is 5.58 Å². The summed E-state index contributed by atoms with van der Waals surface area (Å²) in [7, 11) is 0. The summed E-state index contributed by atoms with van der Waals surface area (Å²) in [6.07, 6.45) is 0. The van der Waals surface area contributed by atoms with Crippen LogP contribution in [0.4, 0.5) is 5.69 Å². The van der Waals surface area contributed by atoms with Gasteiger partial charge in [-0.2, -0.15) is 0 Å². The highest BCUT2D eigenvalue weighted by molar-refractivity contribution is 6.05. The van der Waals surface area contributed by atoms with Crippen LogP contribution in [0, 0.1) is 13.8 Å². The Kier molecular flexibility index (Phi) is 4.01. The molecule has 1 aromatic heterocycles. The molecule has 4 heteroatoms. The highest BCUT2D eigenvalue weighted by atomic mass is 16.3. The van der Waals surface area contributed by atoms with E-state index >= 15 is 0 Å². The van der Waals surface area contributed by atoms with Crippen molar-refractivity contribution in [1.29, 1.82) is 0 Å². The molecule has 0 atom stereocenters. The second-order valence-corrected chi connectivity index (χ2v) is 6.29. The summed E-state index contributed by atoms with van der Waals surface area (Å²) >= 11 is 0. The van der Waals surface area contributed by atoms with E-state index in [4.69, 9.17) is 4.42 Å². The Morgan fingerprint density at radius 2 is 1.69 bits per heavy atom. The first-order chi connectivity index (χ1) is 12.6. The van der Waals surface area contributed by atoms with E-state index in [1.165, 1.54) is 0 Å². The van der Waals surface area contributed by atoms with Crippen LogP contribution in [0.15, 0.2) is 71.1 Å². The smallest absolute Gasteiger partial charge is 0.255 e. The third-order valence-electron chi connectivity index (χ3n) is 4.42. The fraction of sp³-hybridized carbons (Fsp3) is 0.0909. The molecule has 0 saturated carbocycles. The molecule has 0 radical (unpaired) electrons. The summed E-state index contributed by atoms with van der Waals surface area (Å²) in [6, 6.07) is 20.9. The number of anilines is 1. The average molecular weight is 342 g/mol. The lowest BCUT2D eigenvalue weighted by Gasteiger charge is -2.11. The first kappa shape index (κ1) is 16.1. The number of benzene rings is 3. The summed E-state index contributed by atoms with van der Waals surface area (Å²) in [5, 5.41) is 2.98. The summed E-state index contributed by atoms with van der Waals surface area (Å²) in [5.74, 6) is 0.415. The molecule has 26 heavy (non-hydrogen) atoms. The Hall–Kier alpha value is -3.40. The summed E-state index contributed by atoms with van der Waals surface area (Å²) < 4.78 is 5.87. The molecule has 0 bridgehead atoms. The minimum Gasteiger partial charge on any atom is -0.436 e. The van der Waals surface area contributed by atoms with Crippen molar-refractivity contribution in [3.05, 3.63) is 83.4 Å². The lowest BCUT2D eigenvalue weighted by molar-refractivity contribution is 0.102. The van der Waals surface area contributed by atoms with E-state index in [0.717, 1.165) is 33.5 Å². The average Bonchev–Trinajstić information content (AvgIpc) is 3.08. The van der Waals surface area contributed by atoms with E-state index in [2.05, 4.69) is 10.3 Å². The van der Waals surface area contributed by atoms with Crippen molar-refractivity contribution in [2.45, 2.75) is 13.8 Å². The maximum Gasteiger partial charge on any atom is 0.255 e. The van der Waals surface area contributed by atoms with Gasteiger partial charge in [-0.25, -0.2) is 4.98 Å². The molecule has 1 heterocycles.